The molecule has 0 bridgehead atoms. The summed E-state index contributed by atoms with van der Waals surface area (Å²) in [6, 6.07) is 7.61. The number of benzene rings is 1. The van der Waals surface area contributed by atoms with Gasteiger partial charge in [0.2, 0.25) is 0 Å². The summed E-state index contributed by atoms with van der Waals surface area (Å²) in [4.78, 5) is 17.9. The van der Waals surface area contributed by atoms with E-state index in [0.29, 0.717) is 34.9 Å². The molecule has 0 N–H and O–H groups in total. The highest BCUT2D eigenvalue weighted by molar-refractivity contribution is 7.91. The number of rotatable bonds is 3. The van der Waals surface area contributed by atoms with Crippen LogP contribution in [0.15, 0.2) is 38.8 Å². The number of nitrogens with zero attached hydrogens (tertiary/aromatic N) is 3. The van der Waals surface area contributed by atoms with Crippen LogP contribution in [0.25, 0.3) is 10.2 Å². The summed E-state index contributed by atoms with van der Waals surface area (Å²) in [5, 5.41) is 1.76. The van der Waals surface area contributed by atoms with Gasteiger partial charge < -0.3 is 4.57 Å². The second-order valence-electron chi connectivity index (χ2n) is 7.41. The molecule has 4 rings (SSSR count). The summed E-state index contributed by atoms with van der Waals surface area (Å²) in [5.74, 6) is -0.396. The van der Waals surface area contributed by atoms with Crippen LogP contribution < -0.4 is 4.80 Å². The van der Waals surface area contributed by atoms with Gasteiger partial charge in [0.25, 0.3) is 15.9 Å². The Bertz CT molecular complexity index is 1230. The Morgan fingerprint density at radius 2 is 1.86 bits per heavy atom. The molecule has 29 heavy (non-hydrogen) atoms. The molecule has 1 aromatic carbocycles. The van der Waals surface area contributed by atoms with E-state index in [-0.39, 0.29) is 11.8 Å². The van der Waals surface area contributed by atoms with Crippen molar-refractivity contribution in [2.75, 3.05) is 13.1 Å². The van der Waals surface area contributed by atoms with Gasteiger partial charge in [-0.05, 0) is 61.4 Å². The molecule has 0 unspecified atom stereocenters. The monoisotopic (exact) mass is 449 g/mol. The quantitative estimate of drug-likeness (QED) is 0.615. The molecule has 0 saturated carbocycles. The molecule has 154 valence electrons. The molecule has 0 aliphatic carbocycles. The van der Waals surface area contributed by atoms with Crippen molar-refractivity contribution < 1.29 is 13.2 Å². The van der Waals surface area contributed by atoms with Crippen LogP contribution in [0.2, 0.25) is 0 Å². The molecule has 2 aromatic heterocycles. The summed E-state index contributed by atoms with van der Waals surface area (Å²) in [5.41, 5.74) is 3.50. The molecule has 0 atom stereocenters. The molecule has 0 spiro atoms. The van der Waals surface area contributed by atoms with Crippen molar-refractivity contribution in [3.8, 4) is 0 Å². The second kappa shape index (κ2) is 7.79. The predicted molar refractivity (Wildman–Crippen MR) is 117 cm³/mol. The first-order valence-electron chi connectivity index (χ1n) is 9.46. The minimum atomic E-state index is -3.45. The van der Waals surface area contributed by atoms with Crippen LogP contribution in [0.1, 0.15) is 24.0 Å². The van der Waals surface area contributed by atoms with Crippen LogP contribution in [0.5, 0.6) is 0 Å². The Balaban J connectivity index is 1.52. The zero-order valence-electron chi connectivity index (χ0n) is 16.6. The number of carbonyl (C=O) groups is 1. The number of amides is 1. The fourth-order valence-corrected chi connectivity index (χ4v) is 7.27. The van der Waals surface area contributed by atoms with E-state index in [9.17, 15) is 13.2 Å². The lowest BCUT2D eigenvalue weighted by Gasteiger charge is -2.29. The van der Waals surface area contributed by atoms with Crippen molar-refractivity contribution in [3.63, 3.8) is 0 Å². The fraction of sp³-hybridized carbons (Fsp3) is 0.400. The molecule has 1 aliphatic rings. The van der Waals surface area contributed by atoms with E-state index in [1.807, 2.05) is 11.6 Å². The lowest BCUT2D eigenvalue weighted by atomic mass is 9.98. The highest BCUT2D eigenvalue weighted by Gasteiger charge is 2.32. The first kappa shape index (κ1) is 20.5. The maximum Gasteiger partial charge on any atom is 0.252 e. The molecule has 9 heteroatoms. The number of hydrogen-bond donors (Lipinski definition) is 0. The largest absolute Gasteiger partial charge is 0.319 e. The zero-order chi connectivity index (χ0) is 20.8. The highest BCUT2D eigenvalue weighted by atomic mass is 32.2. The second-order valence-corrected chi connectivity index (χ2v) is 11.5. The summed E-state index contributed by atoms with van der Waals surface area (Å²) in [6.07, 6.45) is 1.000. The highest BCUT2D eigenvalue weighted by Crippen LogP contribution is 2.27. The molecule has 3 aromatic rings. The van der Waals surface area contributed by atoms with Crippen LogP contribution in [-0.4, -0.2) is 36.3 Å². The Morgan fingerprint density at radius 3 is 2.52 bits per heavy atom. The van der Waals surface area contributed by atoms with Gasteiger partial charge in [-0.2, -0.15) is 9.30 Å². The van der Waals surface area contributed by atoms with Gasteiger partial charge in [-0.25, -0.2) is 8.42 Å². The Hall–Kier alpha value is -1.81. The Morgan fingerprint density at radius 1 is 1.17 bits per heavy atom. The van der Waals surface area contributed by atoms with E-state index in [1.165, 1.54) is 38.1 Å². The molecule has 1 fully saturated rings. The number of sulfonamides is 1. The van der Waals surface area contributed by atoms with Gasteiger partial charge in [0, 0.05) is 26.1 Å². The Kier molecular flexibility index (Phi) is 5.50. The number of thiophene rings is 1. The number of carbonyl (C=O) groups excluding carboxylic acids is 1. The molecular weight excluding hydrogens is 426 g/mol. The Labute approximate surface area is 178 Å². The van der Waals surface area contributed by atoms with Gasteiger partial charge in [-0.15, -0.1) is 11.3 Å². The van der Waals surface area contributed by atoms with Crippen molar-refractivity contribution in [1.82, 2.24) is 8.87 Å². The van der Waals surface area contributed by atoms with Crippen molar-refractivity contribution in [2.45, 2.75) is 30.9 Å². The van der Waals surface area contributed by atoms with Crippen molar-refractivity contribution in [2.24, 2.45) is 18.0 Å². The molecule has 1 saturated heterocycles. The summed E-state index contributed by atoms with van der Waals surface area (Å²) >= 11 is 2.73. The van der Waals surface area contributed by atoms with Crippen LogP contribution in [0.4, 0.5) is 0 Å². The smallest absolute Gasteiger partial charge is 0.252 e. The topological polar surface area (TPSA) is 71.7 Å². The molecule has 1 aliphatic heterocycles. The number of aryl methyl sites for hydroxylation is 3. The summed E-state index contributed by atoms with van der Waals surface area (Å²) < 4.78 is 30.2. The molecular formula is C20H23N3O3S3. The van der Waals surface area contributed by atoms with E-state index in [0.717, 1.165) is 10.2 Å². The minimum absolute atomic E-state index is 0.159. The predicted octanol–water partition coefficient (Wildman–Crippen LogP) is 3.45. The van der Waals surface area contributed by atoms with E-state index < -0.39 is 10.0 Å². The van der Waals surface area contributed by atoms with Gasteiger partial charge >= 0.3 is 0 Å². The van der Waals surface area contributed by atoms with Gasteiger partial charge in [0.15, 0.2) is 4.80 Å². The fourth-order valence-electron chi connectivity index (χ4n) is 3.55. The zero-order valence-corrected chi connectivity index (χ0v) is 19.0. The third kappa shape index (κ3) is 3.84. The van der Waals surface area contributed by atoms with Gasteiger partial charge in [-0.1, -0.05) is 17.4 Å². The van der Waals surface area contributed by atoms with E-state index in [4.69, 9.17) is 0 Å². The number of fused-ring (bicyclic) bond motifs is 1. The average Bonchev–Trinajstić information content (AvgIpc) is 3.33. The molecule has 3 heterocycles. The maximum absolute atomic E-state index is 12.8. The number of thiazole rings is 1. The lowest BCUT2D eigenvalue weighted by Crippen LogP contribution is -2.40. The standard InChI is InChI=1S/C20H23N3O3S3/c1-13-11-16-17(12-14(13)2)28-20(22(16)3)21-19(24)15-6-8-23(9-7-15)29(25,26)18-5-4-10-27-18/h4-5,10-12,15H,6-9H2,1-3H3. The first-order chi connectivity index (χ1) is 13.8. The third-order valence-electron chi connectivity index (χ3n) is 5.52. The van der Waals surface area contributed by atoms with Crippen molar-refractivity contribution in [1.29, 1.82) is 0 Å². The maximum atomic E-state index is 12.8. The van der Waals surface area contributed by atoms with Crippen LogP contribution in [0, 0.1) is 19.8 Å². The van der Waals surface area contributed by atoms with Crippen LogP contribution in [0.3, 0.4) is 0 Å². The number of piperidine rings is 1. The number of aromatic nitrogens is 1. The van der Waals surface area contributed by atoms with E-state index in [2.05, 4.69) is 31.0 Å². The van der Waals surface area contributed by atoms with E-state index in [1.54, 1.807) is 17.5 Å². The first-order valence-corrected chi connectivity index (χ1v) is 12.6. The van der Waals surface area contributed by atoms with Crippen LogP contribution in [-0.2, 0) is 21.9 Å². The van der Waals surface area contributed by atoms with Crippen molar-refractivity contribution in [3.05, 3.63) is 45.6 Å². The molecule has 0 radical (unpaired) electrons. The summed E-state index contributed by atoms with van der Waals surface area (Å²) in [6.45, 7) is 4.85. The minimum Gasteiger partial charge on any atom is -0.319 e. The van der Waals surface area contributed by atoms with Gasteiger partial charge in [-0.3, -0.25) is 4.79 Å². The van der Waals surface area contributed by atoms with Crippen LogP contribution >= 0.6 is 22.7 Å². The average molecular weight is 450 g/mol. The molecule has 6 nitrogen and oxygen atoms in total. The third-order valence-corrected chi connectivity index (χ3v) is 9.89. The van der Waals surface area contributed by atoms with E-state index >= 15 is 0 Å². The van der Waals surface area contributed by atoms with Gasteiger partial charge in [0.05, 0.1) is 10.2 Å². The summed E-state index contributed by atoms with van der Waals surface area (Å²) in [7, 11) is -1.52. The normalized spacial score (nSPS) is 17.3. The lowest BCUT2D eigenvalue weighted by molar-refractivity contribution is -0.122. The number of hydrogen-bond acceptors (Lipinski definition) is 5. The van der Waals surface area contributed by atoms with Crippen molar-refractivity contribution >= 4 is 48.8 Å². The van der Waals surface area contributed by atoms with Gasteiger partial charge in [0.1, 0.15) is 4.21 Å². The molecule has 1 amide bonds. The SMILES string of the molecule is Cc1cc2sc(=NC(=O)C3CCN(S(=O)(=O)c4cccs4)CC3)n(C)c2cc1C.